The highest BCUT2D eigenvalue weighted by atomic mass is 16.5. The number of nitrogens with one attached hydrogen (secondary N) is 1. The van der Waals surface area contributed by atoms with Gasteiger partial charge in [0.25, 0.3) is 0 Å². The summed E-state index contributed by atoms with van der Waals surface area (Å²) in [5, 5.41) is 7.03. The van der Waals surface area contributed by atoms with Crippen LogP contribution in [0.3, 0.4) is 0 Å². The molecule has 8 heteroatoms. The van der Waals surface area contributed by atoms with E-state index in [0.717, 1.165) is 55.7 Å². The highest BCUT2D eigenvalue weighted by Gasteiger charge is 2.45. The number of anilines is 1. The van der Waals surface area contributed by atoms with E-state index in [-0.39, 0.29) is 5.91 Å². The molecule has 0 aromatic carbocycles. The van der Waals surface area contributed by atoms with Gasteiger partial charge in [0.15, 0.2) is 0 Å². The minimum Gasteiger partial charge on any atom is -0.361 e. The average Bonchev–Trinajstić information content (AvgIpc) is 3.50. The Morgan fingerprint density at radius 2 is 2.10 bits per heavy atom. The molecule has 30 heavy (non-hydrogen) atoms. The lowest BCUT2D eigenvalue weighted by Crippen LogP contribution is -2.43. The van der Waals surface area contributed by atoms with Crippen LogP contribution >= 0.6 is 0 Å². The smallest absolute Gasteiger partial charge is 0.227 e. The summed E-state index contributed by atoms with van der Waals surface area (Å²) >= 11 is 0. The van der Waals surface area contributed by atoms with Crippen molar-refractivity contribution in [2.75, 3.05) is 38.1 Å². The summed E-state index contributed by atoms with van der Waals surface area (Å²) in [6, 6.07) is 3.97. The van der Waals surface area contributed by atoms with E-state index >= 15 is 0 Å². The zero-order valence-electron chi connectivity index (χ0n) is 18.2. The molecule has 0 bridgehead atoms. The minimum absolute atomic E-state index is 0.0629. The first kappa shape index (κ1) is 20.8. The number of carbonyl (C=O) groups is 1. The summed E-state index contributed by atoms with van der Waals surface area (Å²) in [7, 11) is 1.71. The third kappa shape index (κ3) is 4.33. The molecular formula is C22H32N6O2. The van der Waals surface area contributed by atoms with Crippen LogP contribution in [0.1, 0.15) is 56.2 Å². The van der Waals surface area contributed by atoms with E-state index in [1.54, 1.807) is 7.05 Å². The maximum absolute atomic E-state index is 12.9. The van der Waals surface area contributed by atoms with Gasteiger partial charge in [0.1, 0.15) is 5.76 Å². The van der Waals surface area contributed by atoms with E-state index in [9.17, 15) is 4.79 Å². The second kappa shape index (κ2) is 8.71. The maximum Gasteiger partial charge on any atom is 0.227 e. The number of nitrogens with zero attached hydrogens (tertiary/aromatic N) is 5. The number of aromatic nitrogens is 3. The lowest BCUT2D eigenvalue weighted by atomic mass is 9.81. The van der Waals surface area contributed by atoms with Gasteiger partial charge in [0.05, 0.1) is 16.8 Å². The lowest BCUT2D eigenvalue weighted by Gasteiger charge is -2.26. The lowest BCUT2D eigenvalue weighted by molar-refractivity contribution is -0.130. The second-order valence-electron chi connectivity index (χ2n) is 8.91. The van der Waals surface area contributed by atoms with Crippen LogP contribution in [0.5, 0.6) is 0 Å². The van der Waals surface area contributed by atoms with Crippen LogP contribution in [0.2, 0.25) is 0 Å². The Labute approximate surface area is 178 Å². The molecule has 0 spiro atoms. The fourth-order valence-electron chi connectivity index (χ4n) is 4.56. The quantitative estimate of drug-likeness (QED) is 0.747. The van der Waals surface area contributed by atoms with Gasteiger partial charge in [-0.15, -0.1) is 0 Å². The molecule has 2 aromatic rings. The Morgan fingerprint density at radius 1 is 1.30 bits per heavy atom. The molecule has 0 saturated carbocycles. The van der Waals surface area contributed by atoms with Crippen molar-refractivity contribution in [1.29, 1.82) is 0 Å². The van der Waals surface area contributed by atoms with Crippen molar-refractivity contribution >= 4 is 11.9 Å². The van der Waals surface area contributed by atoms with Crippen molar-refractivity contribution in [1.82, 2.24) is 25.3 Å². The van der Waals surface area contributed by atoms with Crippen molar-refractivity contribution in [2.45, 2.75) is 52.0 Å². The van der Waals surface area contributed by atoms with Crippen LogP contribution in [0, 0.1) is 5.41 Å². The predicted molar refractivity (Wildman–Crippen MR) is 114 cm³/mol. The molecule has 162 valence electrons. The topological polar surface area (TPSA) is 87.4 Å². The third-order valence-corrected chi connectivity index (χ3v) is 6.30. The summed E-state index contributed by atoms with van der Waals surface area (Å²) in [5.41, 5.74) is 1.43. The zero-order chi connectivity index (χ0) is 21.1. The molecule has 2 aromatic heterocycles. The number of likely N-dealkylation sites (tertiary alicyclic amines) is 1. The highest BCUT2D eigenvalue weighted by molar-refractivity contribution is 5.83. The SMILES string of the molecule is CNC(=O)C1(Cc2cc(C(C)C)no2)CCN(Cc2ccnc(N3CCCC3)n2)C1. The van der Waals surface area contributed by atoms with E-state index in [1.807, 2.05) is 18.3 Å². The third-order valence-electron chi connectivity index (χ3n) is 6.30. The van der Waals surface area contributed by atoms with Gasteiger partial charge in [-0.05, 0) is 37.8 Å². The molecule has 2 aliphatic rings. The van der Waals surface area contributed by atoms with Crippen LogP contribution in [0.15, 0.2) is 22.9 Å². The molecule has 0 aliphatic carbocycles. The van der Waals surface area contributed by atoms with Crippen molar-refractivity contribution in [3.63, 3.8) is 0 Å². The van der Waals surface area contributed by atoms with Crippen molar-refractivity contribution in [3.8, 4) is 0 Å². The molecule has 4 heterocycles. The first-order valence-corrected chi connectivity index (χ1v) is 11.0. The van der Waals surface area contributed by atoms with Crippen LogP contribution < -0.4 is 10.2 Å². The standard InChI is InChI=1S/C22H32N6O2/c1-16(2)19-12-18(30-26-19)13-22(20(29)23-3)7-11-27(15-22)14-17-6-8-24-21(25-17)28-9-4-5-10-28/h6,8,12,16H,4-5,7,9-11,13-15H2,1-3H3,(H,23,29). The Kier molecular flexibility index (Phi) is 6.04. The molecule has 2 saturated heterocycles. The monoisotopic (exact) mass is 412 g/mol. The molecule has 1 unspecified atom stereocenters. The zero-order valence-corrected chi connectivity index (χ0v) is 18.2. The molecule has 8 nitrogen and oxygen atoms in total. The number of amides is 1. The molecular weight excluding hydrogens is 380 g/mol. The number of rotatable bonds is 7. The van der Waals surface area contributed by atoms with Crippen molar-refractivity contribution in [3.05, 3.63) is 35.5 Å². The Morgan fingerprint density at radius 3 is 2.80 bits per heavy atom. The van der Waals surface area contributed by atoms with Gasteiger partial charge in [-0.1, -0.05) is 19.0 Å². The van der Waals surface area contributed by atoms with Gasteiger partial charge in [-0.25, -0.2) is 9.97 Å². The van der Waals surface area contributed by atoms with E-state index in [4.69, 9.17) is 9.51 Å². The average molecular weight is 413 g/mol. The van der Waals surface area contributed by atoms with Crippen LogP contribution in [0.25, 0.3) is 0 Å². The normalized spacial score (nSPS) is 22.2. The Hall–Kier alpha value is -2.48. The molecule has 4 rings (SSSR count). The molecule has 1 amide bonds. The molecule has 2 aliphatic heterocycles. The largest absolute Gasteiger partial charge is 0.361 e. The van der Waals surface area contributed by atoms with Gasteiger partial charge in [0.2, 0.25) is 11.9 Å². The van der Waals surface area contributed by atoms with Gasteiger partial charge < -0.3 is 14.7 Å². The van der Waals surface area contributed by atoms with Gasteiger partial charge >= 0.3 is 0 Å². The summed E-state index contributed by atoms with van der Waals surface area (Å²) in [6.07, 6.45) is 5.60. The van der Waals surface area contributed by atoms with Gasteiger partial charge in [-0.3, -0.25) is 9.69 Å². The summed E-state index contributed by atoms with van der Waals surface area (Å²) in [5.74, 6) is 1.97. The summed E-state index contributed by atoms with van der Waals surface area (Å²) < 4.78 is 5.56. The number of carbonyl (C=O) groups excluding carboxylic acids is 1. The molecule has 1 atom stereocenters. The first-order chi connectivity index (χ1) is 14.5. The fourth-order valence-corrected chi connectivity index (χ4v) is 4.56. The summed E-state index contributed by atoms with van der Waals surface area (Å²) in [6.45, 7) is 8.48. The maximum atomic E-state index is 12.9. The van der Waals surface area contributed by atoms with Crippen LogP contribution in [-0.2, 0) is 17.8 Å². The molecule has 2 fully saturated rings. The highest BCUT2D eigenvalue weighted by Crippen LogP contribution is 2.36. The number of hydrogen-bond acceptors (Lipinski definition) is 7. The molecule has 0 radical (unpaired) electrons. The van der Waals surface area contributed by atoms with E-state index < -0.39 is 5.41 Å². The first-order valence-electron chi connectivity index (χ1n) is 11.0. The summed E-state index contributed by atoms with van der Waals surface area (Å²) in [4.78, 5) is 26.7. The van der Waals surface area contributed by atoms with Crippen molar-refractivity contribution in [2.24, 2.45) is 5.41 Å². The predicted octanol–water partition coefficient (Wildman–Crippen LogP) is 2.37. The van der Waals surface area contributed by atoms with E-state index in [0.29, 0.717) is 18.9 Å². The van der Waals surface area contributed by atoms with E-state index in [1.165, 1.54) is 12.8 Å². The fraction of sp³-hybridized carbons (Fsp3) is 0.636. The number of hydrogen-bond donors (Lipinski definition) is 1. The Balaban J connectivity index is 1.46. The minimum atomic E-state index is -0.507. The molecule has 1 N–H and O–H groups in total. The van der Waals surface area contributed by atoms with E-state index in [2.05, 4.69) is 39.1 Å². The van der Waals surface area contributed by atoms with Crippen LogP contribution in [0.4, 0.5) is 5.95 Å². The van der Waals surface area contributed by atoms with Gasteiger partial charge in [-0.2, -0.15) is 0 Å². The second-order valence-corrected chi connectivity index (χ2v) is 8.91. The van der Waals surface area contributed by atoms with Gasteiger partial charge in [0, 0.05) is 51.9 Å². The van der Waals surface area contributed by atoms with Crippen LogP contribution in [-0.4, -0.2) is 59.2 Å². The van der Waals surface area contributed by atoms with Crippen molar-refractivity contribution < 1.29 is 9.32 Å². The Bertz CT molecular complexity index is 876.